The number of hydrogen-bond donors (Lipinski definition) is 2. The smallest absolute Gasteiger partial charge is 0.220 e. The van der Waals surface area contributed by atoms with Gasteiger partial charge in [0.1, 0.15) is 5.75 Å². The second kappa shape index (κ2) is 9.48. The van der Waals surface area contributed by atoms with Gasteiger partial charge in [0.2, 0.25) is 5.91 Å². The van der Waals surface area contributed by atoms with E-state index >= 15 is 0 Å². The van der Waals surface area contributed by atoms with Crippen molar-refractivity contribution >= 4 is 5.91 Å². The third-order valence-electron chi connectivity index (χ3n) is 2.49. The van der Waals surface area contributed by atoms with Crippen LogP contribution in [0.15, 0.2) is 30.3 Å². The van der Waals surface area contributed by atoms with Gasteiger partial charge in [0.05, 0.1) is 6.61 Å². The van der Waals surface area contributed by atoms with Gasteiger partial charge in [0.25, 0.3) is 0 Å². The maximum Gasteiger partial charge on any atom is 0.220 e. The van der Waals surface area contributed by atoms with Crippen LogP contribution in [0.4, 0.5) is 0 Å². The summed E-state index contributed by atoms with van der Waals surface area (Å²) in [4.78, 5) is 11.4. The van der Waals surface area contributed by atoms with Gasteiger partial charge < -0.3 is 15.4 Å². The molecule has 4 nitrogen and oxygen atoms in total. The van der Waals surface area contributed by atoms with E-state index in [-0.39, 0.29) is 5.91 Å². The topological polar surface area (TPSA) is 50.4 Å². The Morgan fingerprint density at radius 3 is 2.67 bits per heavy atom. The van der Waals surface area contributed by atoms with E-state index in [1.807, 2.05) is 37.4 Å². The Hall–Kier alpha value is -1.55. The monoisotopic (exact) mass is 250 g/mol. The van der Waals surface area contributed by atoms with Crippen LogP contribution in [0.5, 0.6) is 5.75 Å². The number of para-hydroxylation sites is 1. The van der Waals surface area contributed by atoms with E-state index in [9.17, 15) is 4.79 Å². The number of hydrogen-bond acceptors (Lipinski definition) is 3. The lowest BCUT2D eigenvalue weighted by molar-refractivity contribution is -0.121. The van der Waals surface area contributed by atoms with E-state index in [0.29, 0.717) is 13.0 Å². The predicted molar refractivity (Wildman–Crippen MR) is 72.7 cm³/mol. The van der Waals surface area contributed by atoms with Crippen LogP contribution < -0.4 is 15.4 Å². The van der Waals surface area contributed by atoms with Gasteiger partial charge in [-0.15, -0.1) is 0 Å². The van der Waals surface area contributed by atoms with Gasteiger partial charge in [-0.05, 0) is 38.6 Å². The van der Waals surface area contributed by atoms with Gasteiger partial charge in [-0.2, -0.15) is 0 Å². The minimum absolute atomic E-state index is 0.0998. The molecule has 2 N–H and O–H groups in total. The van der Waals surface area contributed by atoms with Crippen molar-refractivity contribution in [2.45, 2.75) is 19.3 Å². The SMILES string of the molecule is CNCCCNC(=O)CCCOc1ccccc1. The second-order valence-corrected chi connectivity index (χ2v) is 4.07. The molecule has 0 heterocycles. The molecule has 1 amide bonds. The number of carbonyl (C=O) groups excluding carboxylic acids is 1. The fraction of sp³-hybridized carbons (Fsp3) is 0.500. The maximum absolute atomic E-state index is 11.4. The van der Waals surface area contributed by atoms with Crippen molar-refractivity contribution in [2.24, 2.45) is 0 Å². The summed E-state index contributed by atoms with van der Waals surface area (Å²) in [6.45, 7) is 2.24. The Balaban J connectivity index is 1.99. The first-order valence-electron chi connectivity index (χ1n) is 6.42. The molecule has 1 aromatic rings. The van der Waals surface area contributed by atoms with Crippen LogP contribution in [-0.2, 0) is 4.79 Å². The van der Waals surface area contributed by atoms with Crippen LogP contribution in [0.3, 0.4) is 0 Å². The fourth-order valence-electron chi connectivity index (χ4n) is 1.52. The second-order valence-electron chi connectivity index (χ2n) is 4.07. The average molecular weight is 250 g/mol. The van der Waals surface area contributed by atoms with Crippen LogP contribution in [0.1, 0.15) is 19.3 Å². The van der Waals surface area contributed by atoms with Crippen molar-refractivity contribution in [3.05, 3.63) is 30.3 Å². The molecule has 0 saturated carbocycles. The molecule has 18 heavy (non-hydrogen) atoms. The molecule has 100 valence electrons. The van der Waals surface area contributed by atoms with Crippen LogP contribution in [0, 0.1) is 0 Å². The highest BCUT2D eigenvalue weighted by molar-refractivity contribution is 5.75. The zero-order chi connectivity index (χ0) is 13.1. The summed E-state index contributed by atoms with van der Waals surface area (Å²) in [5, 5.41) is 5.92. The summed E-state index contributed by atoms with van der Waals surface area (Å²) in [6, 6.07) is 9.65. The van der Waals surface area contributed by atoms with Gasteiger partial charge in [-0.25, -0.2) is 0 Å². The molecule has 0 radical (unpaired) electrons. The highest BCUT2D eigenvalue weighted by Crippen LogP contribution is 2.08. The fourth-order valence-corrected chi connectivity index (χ4v) is 1.52. The van der Waals surface area contributed by atoms with Crippen LogP contribution in [0.2, 0.25) is 0 Å². The number of ether oxygens (including phenoxy) is 1. The molecule has 0 fully saturated rings. The molecule has 0 unspecified atom stereocenters. The third-order valence-corrected chi connectivity index (χ3v) is 2.49. The summed E-state index contributed by atoms with van der Waals surface area (Å²) in [6.07, 6.45) is 2.22. The Morgan fingerprint density at radius 1 is 1.17 bits per heavy atom. The largest absolute Gasteiger partial charge is 0.494 e. The molecule has 0 aliphatic rings. The van der Waals surface area contributed by atoms with Gasteiger partial charge in [-0.1, -0.05) is 18.2 Å². The molecule has 0 aliphatic carbocycles. The quantitative estimate of drug-likeness (QED) is 0.654. The zero-order valence-electron chi connectivity index (χ0n) is 10.9. The van der Waals surface area contributed by atoms with Crippen LogP contribution >= 0.6 is 0 Å². The van der Waals surface area contributed by atoms with Gasteiger partial charge in [0, 0.05) is 13.0 Å². The van der Waals surface area contributed by atoms with Crippen molar-refractivity contribution in [2.75, 3.05) is 26.7 Å². The van der Waals surface area contributed by atoms with Crippen molar-refractivity contribution in [1.82, 2.24) is 10.6 Å². The predicted octanol–water partition coefficient (Wildman–Crippen LogP) is 1.57. The molecule has 1 rings (SSSR count). The van der Waals surface area contributed by atoms with Crippen LogP contribution in [-0.4, -0.2) is 32.7 Å². The Morgan fingerprint density at radius 2 is 1.94 bits per heavy atom. The zero-order valence-corrected chi connectivity index (χ0v) is 10.9. The summed E-state index contributed by atoms with van der Waals surface area (Å²) >= 11 is 0. The third kappa shape index (κ3) is 6.91. The van der Waals surface area contributed by atoms with Crippen LogP contribution in [0.25, 0.3) is 0 Å². The van der Waals surface area contributed by atoms with Crippen molar-refractivity contribution in [3.63, 3.8) is 0 Å². The van der Waals surface area contributed by atoms with Crippen molar-refractivity contribution in [3.8, 4) is 5.75 Å². The molecule has 0 bridgehead atoms. The first-order valence-corrected chi connectivity index (χ1v) is 6.42. The number of amides is 1. The molecule has 0 atom stereocenters. The molecular formula is C14H22N2O2. The molecule has 0 spiro atoms. The van der Waals surface area contributed by atoms with Crippen molar-refractivity contribution < 1.29 is 9.53 Å². The maximum atomic E-state index is 11.4. The van der Waals surface area contributed by atoms with E-state index in [1.165, 1.54) is 0 Å². The summed E-state index contributed by atoms with van der Waals surface area (Å²) in [5.41, 5.74) is 0. The molecule has 0 aliphatic heterocycles. The van der Waals surface area contributed by atoms with Gasteiger partial charge in [-0.3, -0.25) is 4.79 Å². The highest BCUT2D eigenvalue weighted by Gasteiger charge is 2.00. The van der Waals surface area contributed by atoms with E-state index in [4.69, 9.17) is 4.74 Å². The van der Waals surface area contributed by atoms with Crippen molar-refractivity contribution in [1.29, 1.82) is 0 Å². The Labute approximate surface area is 109 Å². The normalized spacial score (nSPS) is 10.1. The number of rotatable bonds is 9. The molecule has 0 saturated heterocycles. The summed E-state index contributed by atoms with van der Waals surface area (Å²) in [5.74, 6) is 0.953. The van der Waals surface area contributed by atoms with E-state index in [2.05, 4.69) is 10.6 Å². The number of carbonyl (C=O) groups is 1. The lowest BCUT2D eigenvalue weighted by atomic mass is 10.3. The molecule has 1 aromatic carbocycles. The average Bonchev–Trinajstić information content (AvgIpc) is 2.41. The summed E-state index contributed by atoms with van der Waals surface area (Å²) < 4.78 is 5.51. The minimum atomic E-state index is 0.0998. The molecule has 0 aromatic heterocycles. The highest BCUT2D eigenvalue weighted by atomic mass is 16.5. The Bertz CT molecular complexity index is 328. The first-order chi connectivity index (χ1) is 8.83. The standard InChI is InChI=1S/C14H22N2O2/c1-15-10-6-11-16-14(17)9-5-12-18-13-7-3-2-4-8-13/h2-4,7-8,15H,5-6,9-12H2,1H3,(H,16,17). The Kier molecular flexibility index (Phi) is 7.64. The lowest BCUT2D eigenvalue weighted by Crippen LogP contribution is -2.26. The van der Waals surface area contributed by atoms with E-state index in [1.54, 1.807) is 0 Å². The minimum Gasteiger partial charge on any atom is -0.494 e. The first kappa shape index (κ1) is 14.5. The summed E-state index contributed by atoms with van der Waals surface area (Å²) in [7, 11) is 1.91. The molecular weight excluding hydrogens is 228 g/mol. The lowest BCUT2D eigenvalue weighted by Gasteiger charge is -2.06. The molecule has 4 heteroatoms. The number of nitrogens with one attached hydrogen (secondary N) is 2. The van der Waals surface area contributed by atoms with Gasteiger partial charge >= 0.3 is 0 Å². The number of benzene rings is 1. The van der Waals surface area contributed by atoms with E-state index < -0.39 is 0 Å². The van der Waals surface area contributed by atoms with Gasteiger partial charge in [0.15, 0.2) is 0 Å². The van der Waals surface area contributed by atoms with E-state index in [0.717, 1.165) is 31.7 Å².